The summed E-state index contributed by atoms with van der Waals surface area (Å²) in [6, 6.07) is 0. The lowest BCUT2D eigenvalue weighted by Crippen LogP contribution is -2.69. The van der Waals surface area contributed by atoms with Crippen LogP contribution in [0.25, 0.3) is 0 Å². The third-order valence-electron chi connectivity index (χ3n) is 22.1. The van der Waals surface area contributed by atoms with E-state index < -0.39 is 159 Å². The van der Waals surface area contributed by atoms with Gasteiger partial charge < -0.3 is 109 Å². The van der Waals surface area contributed by atoms with Crippen molar-refractivity contribution in [3.63, 3.8) is 0 Å². The molecule has 9 fully saturated rings. The minimum Gasteiger partial charge on any atom is -0.479 e. The van der Waals surface area contributed by atoms with Crippen LogP contribution in [0.5, 0.6) is 0 Å². The molecular formula is C54H84O24. The van der Waals surface area contributed by atoms with Crippen molar-refractivity contribution in [2.24, 2.45) is 50.2 Å². The van der Waals surface area contributed by atoms with Crippen molar-refractivity contribution >= 4 is 11.9 Å². The summed E-state index contributed by atoms with van der Waals surface area (Å²) in [4.78, 5) is 26.0. The minimum atomic E-state index is -2.19. The molecule has 0 aromatic carbocycles. The maximum Gasteiger partial charge on any atom is 0.335 e. The molecule has 0 spiro atoms. The third kappa shape index (κ3) is 8.91. The molecule has 13 N–H and O–H groups in total. The highest BCUT2D eigenvalue weighted by molar-refractivity contribution is 5.79. The molecule has 24 heteroatoms. The Kier molecular flexibility index (Phi) is 15.8. The van der Waals surface area contributed by atoms with Gasteiger partial charge in [0.2, 0.25) is 0 Å². The Hall–Kier alpha value is -2.12. The van der Waals surface area contributed by atoms with Crippen molar-refractivity contribution < 1.29 is 119 Å². The topological polar surface area (TPSA) is 380 Å². The monoisotopic (exact) mass is 1120 g/mol. The van der Waals surface area contributed by atoms with E-state index in [0.717, 1.165) is 38.5 Å². The van der Waals surface area contributed by atoms with Crippen molar-refractivity contribution in [1.82, 2.24) is 0 Å². The fraction of sp³-hybridized carbons (Fsp3) is 0.926. The number of carboxylic acids is 1. The number of aliphatic hydroxyl groups excluding tert-OH is 12. The van der Waals surface area contributed by atoms with E-state index in [2.05, 4.69) is 33.8 Å². The van der Waals surface area contributed by atoms with Crippen LogP contribution in [-0.2, 0) is 52.2 Å². The number of hydrogen-bond acceptors (Lipinski definition) is 23. The van der Waals surface area contributed by atoms with Crippen molar-refractivity contribution in [3.05, 3.63) is 11.6 Å². The third-order valence-corrected chi connectivity index (χ3v) is 22.1. The molecule has 0 amide bonds. The van der Waals surface area contributed by atoms with Crippen molar-refractivity contribution in [1.29, 1.82) is 0 Å². The van der Waals surface area contributed by atoms with Gasteiger partial charge in [-0.15, -0.1) is 0 Å². The number of hydrogen-bond donors (Lipinski definition) is 13. The Labute approximate surface area is 452 Å². The van der Waals surface area contributed by atoms with Gasteiger partial charge in [-0.3, -0.25) is 4.79 Å². The number of esters is 1. The van der Waals surface area contributed by atoms with Crippen LogP contribution in [0.15, 0.2) is 11.6 Å². The average molecular weight is 1120 g/mol. The Morgan fingerprint density at radius 1 is 0.603 bits per heavy atom. The van der Waals surface area contributed by atoms with Gasteiger partial charge in [0.05, 0.1) is 37.4 Å². The van der Waals surface area contributed by atoms with Crippen LogP contribution in [-0.4, -0.2) is 233 Å². The van der Waals surface area contributed by atoms with Gasteiger partial charge in [-0.1, -0.05) is 46.3 Å². The van der Waals surface area contributed by atoms with E-state index in [9.17, 15) is 76.0 Å². The normalized spacial score (nSPS) is 56.8. The first-order chi connectivity index (χ1) is 36.6. The summed E-state index contributed by atoms with van der Waals surface area (Å²) >= 11 is 0. The highest BCUT2D eigenvalue weighted by Gasteiger charge is 2.72. The van der Waals surface area contributed by atoms with Gasteiger partial charge in [0.15, 0.2) is 31.3 Å². The molecule has 5 aliphatic carbocycles. The van der Waals surface area contributed by atoms with E-state index in [4.69, 9.17) is 42.6 Å². The predicted octanol–water partition coefficient (Wildman–Crippen LogP) is -1.93. The Morgan fingerprint density at radius 2 is 1.21 bits per heavy atom. The SMILES string of the molecule is C[C@@H]1O[C@@H](O[C@H]2[C@H](O[C@H]3[C@H](O[C@H]4CC[C@@]5(C)[C@@H](CC[C@]6(C)[C@@H]5CC=C5[C@@H]7C[C@]8(C)C[C@@H](OC8=O)[C@]7(C)CC[C@]56C)[C@@]4(C)CO)O[C@H](C(=O)O)[C@@H](O)[C@@H]3O)O[C@H](CO)[C@@H](O)[C@@H]2O[C@@H]2O[C@H](CO)[C@@H](O)[C@H](O)[C@H]2O)[C@H](O)[C@H](O)[C@H]1O. The van der Waals surface area contributed by atoms with Gasteiger partial charge in [-0.25, -0.2) is 4.79 Å². The van der Waals surface area contributed by atoms with Crippen LogP contribution >= 0.6 is 0 Å². The molecule has 10 rings (SSSR count). The van der Waals surface area contributed by atoms with Crippen molar-refractivity contribution in [3.8, 4) is 0 Å². The number of rotatable bonds is 12. The molecule has 0 aromatic heterocycles. The second kappa shape index (κ2) is 20.9. The fourth-order valence-electron chi connectivity index (χ4n) is 17.0. The zero-order valence-electron chi connectivity index (χ0n) is 45.3. The van der Waals surface area contributed by atoms with Gasteiger partial charge in [0, 0.05) is 17.3 Å². The lowest BCUT2D eigenvalue weighted by Gasteiger charge is -2.71. The maximum absolute atomic E-state index is 13.3. The summed E-state index contributed by atoms with van der Waals surface area (Å²) < 4.78 is 55.0. The van der Waals surface area contributed by atoms with E-state index >= 15 is 0 Å². The summed E-state index contributed by atoms with van der Waals surface area (Å²) in [7, 11) is 0. The fourth-order valence-corrected chi connectivity index (χ4v) is 17.0. The summed E-state index contributed by atoms with van der Waals surface area (Å²) in [6.07, 6.45) is -29.8. The molecule has 5 heterocycles. The van der Waals surface area contributed by atoms with Crippen molar-refractivity contribution in [2.45, 2.75) is 241 Å². The maximum atomic E-state index is 13.3. The van der Waals surface area contributed by atoms with Gasteiger partial charge in [-0.2, -0.15) is 0 Å². The standard InChI is InChI=1S/C54H84O24/c1-21-30(58)33(61)37(65)44(70-21)78-42-39(75-45-38(66)34(62)31(59)24(18-55)71-45)32(60)25(19-56)72-47(42)77-41-36(64)35(63)40(43(67)68)76-46(41)73-28-11-12-51(4)26(52(28,5)20-57)10-13-54(7)27(51)9-8-22-23-16-49(2)17-29(74-48(49)69)50(23,3)14-15-53(22,54)6/h8,21,23-42,44-47,55-66H,9-20H2,1-7H3,(H,67,68)/t21-,23-,24+,25+,26+,27+,28-,29+,30-,31+,32+,33+,34-,35-,36-,37+,38+,39-,40-,41+,42+,44-,45-,46+,47-,49+,50+,51-,52+,53+,54+/m0/s1. The lowest BCUT2D eigenvalue weighted by molar-refractivity contribution is -0.410. The zero-order chi connectivity index (χ0) is 56.7. The second-order valence-electron chi connectivity index (χ2n) is 26.2. The Bertz CT molecular complexity index is 2260. The van der Waals surface area contributed by atoms with E-state index in [1.165, 1.54) is 12.5 Å². The largest absolute Gasteiger partial charge is 0.479 e. The van der Waals surface area contributed by atoms with E-state index in [1.54, 1.807) is 0 Å². The molecule has 5 aliphatic heterocycles. The number of aliphatic carboxylic acids is 1. The molecule has 0 radical (unpaired) electrons. The quantitative estimate of drug-likeness (QED) is 0.0575. The Morgan fingerprint density at radius 3 is 1.86 bits per heavy atom. The lowest BCUT2D eigenvalue weighted by atomic mass is 9.33. The van der Waals surface area contributed by atoms with Gasteiger partial charge in [-0.05, 0) is 99.2 Å². The molecule has 4 saturated carbocycles. The number of carbonyl (C=O) groups excluding carboxylic acids is 1. The molecule has 444 valence electrons. The number of carbonyl (C=O) groups is 2. The van der Waals surface area contributed by atoms with Crippen LogP contribution < -0.4 is 0 Å². The van der Waals surface area contributed by atoms with Crippen molar-refractivity contribution in [2.75, 3.05) is 19.8 Å². The zero-order valence-corrected chi connectivity index (χ0v) is 45.3. The molecule has 31 atom stereocenters. The van der Waals surface area contributed by atoms with E-state index in [0.29, 0.717) is 19.3 Å². The molecule has 2 bridgehead atoms. The molecule has 78 heavy (non-hydrogen) atoms. The minimum absolute atomic E-state index is 0.103. The molecule has 5 saturated heterocycles. The van der Waals surface area contributed by atoms with Gasteiger partial charge in [0.25, 0.3) is 0 Å². The van der Waals surface area contributed by atoms with Crippen LogP contribution in [0.1, 0.15) is 106 Å². The number of fused-ring (bicyclic) bond motifs is 10. The molecule has 0 aromatic rings. The number of carboxylic acid groups (broad SMARTS) is 1. The second-order valence-corrected chi connectivity index (χ2v) is 26.2. The number of aliphatic hydroxyl groups is 12. The smallest absolute Gasteiger partial charge is 0.335 e. The highest BCUT2D eigenvalue weighted by atomic mass is 16.8. The summed E-state index contributed by atoms with van der Waals surface area (Å²) in [5.74, 6) is -1.59. The van der Waals surface area contributed by atoms with E-state index in [-0.39, 0.29) is 58.1 Å². The first-order valence-electron chi connectivity index (χ1n) is 27.9. The van der Waals surface area contributed by atoms with Crippen LogP contribution in [0.2, 0.25) is 0 Å². The number of allylic oxidation sites excluding steroid dienone is 2. The highest BCUT2D eigenvalue weighted by Crippen LogP contribution is 2.76. The first kappa shape index (κ1) is 59.1. The molecular weight excluding hydrogens is 1030 g/mol. The molecule has 10 aliphatic rings. The van der Waals surface area contributed by atoms with Crippen LogP contribution in [0.3, 0.4) is 0 Å². The van der Waals surface area contributed by atoms with Gasteiger partial charge >= 0.3 is 11.9 Å². The first-order valence-corrected chi connectivity index (χ1v) is 27.9. The molecule has 24 nitrogen and oxygen atoms in total. The van der Waals surface area contributed by atoms with E-state index in [1.807, 2.05) is 13.8 Å². The summed E-state index contributed by atoms with van der Waals surface area (Å²) in [5.41, 5.74) is -1.03. The van der Waals surface area contributed by atoms with Crippen LogP contribution in [0.4, 0.5) is 0 Å². The number of ether oxygens (including phenoxy) is 9. The average Bonchev–Trinajstić information content (AvgIpc) is 3.68. The van der Waals surface area contributed by atoms with Crippen LogP contribution in [0, 0.1) is 50.2 Å². The summed E-state index contributed by atoms with van der Waals surface area (Å²) in [6.45, 7) is 12.5. The van der Waals surface area contributed by atoms with Gasteiger partial charge in [0.1, 0.15) is 91.6 Å². The Balaban J connectivity index is 0.955. The predicted molar refractivity (Wildman–Crippen MR) is 261 cm³/mol. The summed E-state index contributed by atoms with van der Waals surface area (Å²) in [5, 5.41) is 142. The molecule has 0 unspecified atom stereocenters.